The van der Waals surface area contributed by atoms with Crippen LogP contribution in [0.1, 0.15) is 17.7 Å². The molecule has 0 fully saturated rings. The van der Waals surface area contributed by atoms with Crippen molar-refractivity contribution in [2.75, 3.05) is 10.6 Å². The van der Waals surface area contributed by atoms with E-state index >= 15 is 0 Å². The molecule has 2 aromatic carbocycles. The van der Waals surface area contributed by atoms with E-state index in [1.165, 1.54) is 0 Å². The van der Waals surface area contributed by atoms with Gasteiger partial charge in [0.25, 0.3) is 10.0 Å². The predicted octanol–water partition coefficient (Wildman–Crippen LogP) is 4.15. The van der Waals surface area contributed by atoms with Crippen LogP contribution in [0.3, 0.4) is 0 Å². The second kappa shape index (κ2) is 7.93. The number of hydrogen-bond acceptors (Lipinski definition) is 3. The number of halogens is 1. The summed E-state index contributed by atoms with van der Waals surface area (Å²) in [6.07, 6.45) is 3.41. The first-order chi connectivity index (χ1) is 12.5. The molecule has 0 aliphatic carbocycles. The topological polar surface area (TPSA) is 64.0 Å². The molecular formula is C19H20ClN3O2S. The molecule has 26 heavy (non-hydrogen) atoms. The number of hydrogen-bond donors (Lipinski definition) is 1. The predicted molar refractivity (Wildman–Crippen MR) is 105 cm³/mol. The number of alkyl halides is 1. The number of benzene rings is 2. The van der Waals surface area contributed by atoms with Gasteiger partial charge < -0.3 is 0 Å². The number of aromatic nitrogens is 2. The van der Waals surface area contributed by atoms with E-state index in [0.29, 0.717) is 11.6 Å². The summed E-state index contributed by atoms with van der Waals surface area (Å²) in [5, 5.41) is 4.25. The van der Waals surface area contributed by atoms with Gasteiger partial charge in [0.2, 0.25) is 0 Å². The number of nitrogens with zero attached hydrogens (tertiary/aromatic N) is 2. The Kier molecular flexibility index (Phi) is 5.64. The molecule has 0 saturated heterocycles. The molecule has 7 heteroatoms. The summed E-state index contributed by atoms with van der Waals surface area (Å²) in [5.41, 5.74) is 3.33. The van der Waals surface area contributed by atoms with Crippen molar-refractivity contribution in [3.8, 4) is 5.69 Å². The molecule has 136 valence electrons. The molecule has 1 heterocycles. The third-order valence-electron chi connectivity index (χ3n) is 4.01. The van der Waals surface area contributed by atoms with Gasteiger partial charge in [0, 0.05) is 17.8 Å². The zero-order valence-electron chi connectivity index (χ0n) is 14.4. The van der Waals surface area contributed by atoms with Crippen LogP contribution >= 0.6 is 11.6 Å². The maximum atomic E-state index is 12.6. The average Bonchev–Trinajstić information content (AvgIpc) is 3.06. The summed E-state index contributed by atoms with van der Waals surface area (Å²) < 4.78 is 29.7. The standard InChI is InChI=1S/C19H20ClN3O2S/c1-15-11-13-21-23(15)18-6-2-5-17(14-18)22-26(24,25)19-9-7-16(8-10-19)4-3-12-20/h2,5-11,13-14,22H,3-4,12H2,1H3. The molecule has 0 amide bonds. The molecule has 0 spiro atoms. The van der Waals surface area contributed by atoms with Gasteiger partial charge >= 0.3 is 0 Å². The van der Waals surface area contributed by atoms with Crippen LogP contribution in [0.2, 0.25) is 0 Å². The molecule has 3 aromatic rings. The largest absolute Gasteiger partial charge is 0.280 e. The number of anilines is 1. The Hall–Kier alpha value is -2.31. The molecule has 1 aromatic heterocycles. The van der Waals surface area contributed by atoms with Crippen molar-refractivity contribution in [2.45, 2.75) is 24.7 Å². The van der Waals surface area contributed by atoms with Crippen molar-refractivity contribution >= 4 is 27.3 Å². The van der Waals surface area contributed by atoms with Crippen LogP contribution < -0.4 is 4.72 Å². The second-order valence-electron chi connectivity index (χ2n) is 5.98. The van der Waals surface area contributed by atoms with Crippen molar-refractivity contribution in [1.82, 2.24) is 9.78 Å². The molecule has 0 atom stereocenters. The van der Waals surface area contributed by atoms with Gasteiger partial charge in [0.1, 0.15) is 0 Å². The quantitative estimate of drug-likeness (QED) is 0.617. The van der Waals surface area contributed by atoms with Gasteiger partial charge in [-0.25, -0.2) is 13.1 Å². The van der Waals surface area contributed by atoms with E-state index in [1.807, 2.05) is 31.2 Å². The Morgan fingerprint density at radius 1 is 1.12 bits per heavy atom. The molecule has 1 N–H and O–H groups in total. The maximum Gasteiger partial charge on any atom is 0.261 e. The molecule has 0 unspecified atom stereocenters. The third kappa shape index (κ3) is 4.26. The molecule has 0 saturated carbocycles. The molecule has 3 rings (SSSR count). The molecule has 0 bridgehead atoms. The lowest BCUT2D eigenvalue weighted by Crippen LogP contribution is -2.13. The highest BCUT2D eigenvalue weighted by atomic mass is 35.5. The van der Waals surface area contributed by atoms with Crippen LogP contribution in [0.25, 0.3) is 5.69 Å². The SMILES string of the molecule is Cc1ccnn1-c1cccc(NS(=O)(=O)c2ccc(CCCCl)cc2)c1. The van der Waals surface area contributed by atoms with E-state index < -0.39 is 10.0 Å². The highest BCUT2D eigenvalue weighted by Crippen LogP contribution is 2.20. The van der Waals surface area contributed by atoms with Gasteiger partial charge in [0.05, 0.1) is 16.3 Å². The Bertz CT molecular complexity index is 982. The van der Waals surface area contributed by atoms with Gasteiger partial charge in [-0.05, 0) is 61.7 Å². The normalized spacial score (nSPS) is 11.5. The third-order valence-corrected chi connectivity index (χ3v) is 5.67. The van der Waals surface area contributed by atoms with Crippen LogP contribution in [0, 0.1) is 6.92 Å². The fraction of sp³-hybridized carbons (Fsp3) is 0.211. The van der Waals surface area contributed by atoms with Gasteiger partial charge in [-0.15, -0.1) is 11.6 Å². The summed E-state index contributed by atoms with van der Waals surface area (Å²) in [5.74, 6) is 0.591. The summed E-state index contributed by atoms with van der Waals surface area (Å²) in [7, 11) is -3.65. The molecule has 0 aliphatic heterocycles. The van der Waals surface area contributed by atoms with Crippen LogP contribution in [0.5, 0.6) is 0 Å². The van der Waals surface area contributed by atoms with Crippen molar-refractivity contribution in [3.63, 3.8) is 0 Å². The lowest BCUT2D eigenvalue weighted by molar-refractivity contribution is 0.601. The van der Waals surface area contributed by atoms with Crippen molar-refractivity contribution < 1.29 is 8.42 Å². The zero-order chi connectivity index (χ0) is 18.6. The Morgan fingerprint density at radius 2 is 1.88 bits per heavy atom. The fourth-order valence-electron chi connectivity index (χ4n) is 2.66. The maximum absolute atomic E-state index is 12.6. The average molecular weight is 390 g/mol. The van der Waals surface area contributed by atoms with Crippen LogP contribution in [0.4, 0.5) is 5.69 Å². The lowest BCUT2D eigenvalue weighted by Gasteiger charge is -2.11. The van der Waals surface area contributed by atoms with E-state index in [0.717, 1.165) is 29.8 Å². The minimum absolute atomic E-state index is 0.229. The molecule has 0 aliphatic rings. The molecular weight excluding hydrogens is 370 g/mol. The van der Waals surface area contributed by atoms with Crippen LogP contribution in [-0.2, 0) is 16.4 Å². The molecule has 5 nitrogen and oxygen atoms in total. The van der Waals surface area contributed by atoms with E-state index in [9.17, 15) is 8.42 Å². The van der Waals surface area contributed by atoms with E-state index in [1.54, 1.807) is 41.2 Å². The van der Waals surface area contributed by atoms with Crippen molar-refractivity contribution in [3.05, 3.63) is 72.1 Å². The van der Waals surface area contributed by atoms with Gasteiger partial charge in [-0.1, -0.05) is 18.2 Å². The van der Waals surface area contributed by atoms with E-state index in [2.05, 4.69) is 9.82 Å². The summed E-state index contributed by atoms with van der Waals surface area (Å²) in [6.45, 7) is 1.94. The lowest BCUT2D eigenvalue weighted by atomic mass is 10.1. The second-order valence-corrected chi connectivity index (χ2v) is 8.04. The Labute approximate surface area is 158 Å². The first-order valence-corrected chi connectivity index (χ1v) is 10.3. The minimum Gasteiger partial charge on any atom is -0.280 e. The van der Waals surface area contributed by atoms with Crippen LogP contribution in [-0.4, -0.2) is 24.1 Å². The summed E-state index contributed by atoms with van der Waals surface area (Å²) in [4.78, 5) is 0.229. The molecule has 0 radical (unpaired) electrons. The Morgan fingerprint density at radius 3 is 2.54 bits per heavy atom. The first kappa shape index (κ1) is 18.5. The Balaban J connectivity index is 1.80. The van der Waals surface area contributed by atoms with Crippen LogP contribution in [0.15, 0.2) is 65.7 Å². The van der Waals surface area contributed by atoms with Gasteiger partial charge in [0.15, 0.2) is 0 Å². The first-order valence-electron chi connectivity index (χ1n) is 8.28. The fourth-order valence-corrected chi connectivity index (χ4v) is 3.84. The number of sulfonamides is 1. The number of aryl methyl sites for hydroxylation is 2. The van der Waals surface area contributed by atoms with Crippen molar-refractivity contribution in [2.24, 2.45) is 0 Å². The summed E-state index contributed by atoms with van der Waals surface area (Å²) in [6, 6.07) is 15.9. The highest BCUT2D eigenvalue weighted by molar-refractivity contribution is 7.92. The van der Waals surface area contributed by atoms with Gasteiger partial charge in [-0.2, -0.15) is 5.10 Å². The minimum atomic E-state index is -3.65. The van der Waals surface area contributed by atoms with E-state index in [-0.39, 0.29) is 4.90 Å². The highest BCUT2D eigenvalue weighted by Gasteiger charge is 2.14. The van der Waals surface area contributed by atoms with Gasteiger partial charge in [-0.3, -0.25) is 4.72 Å². The van der Waals surface area contributed by atoms with Crippen molar-refractivity contribution in [1.29, 1.82) is 0 Å². The van der Waals surface area contributed by atoms with E-state index in [4.69, 9.17) is 11.6 Å². The number of rotatable bonds is 7. The smallest absolute Gasteiger partial charge is 0.261 e. The summed E-state index contributed by atoms with van der Waals surface area (Å²) >= 11 is 5.69. The zero-order valence-corrected chi connectivity index (χ0v) is 16.0. The monoisotopic (exact) mass is 389 g/mol. The number of nitrogens with one attached hydrogen (secondary N) is 1.